The largest absolute Gasteiger partial charge is 0.497 e. The van der Waals surface area contributed by atoms with Gasteiger partial charge in [0, 0.05) is 37.3 Å². The van der Waals surface area contributed by atoms with Crippen LogP contribution in [-0.4, -0.2) is 64.5 Å². The van der Waals surface area contributed by atoms with E-state index in [1.807, 2.05) is 19.1 Å². The van der Waals surface area contributed by atoms with E-state index in [0.717, 1.165) is 37.6 Å². The molecule has 2 bridgehead atoms. The summed E-state index contributed by atoms with van der Waals surface area (Å²) in [5, 5.41) is 0. The van der Waals surface area contributed by atoms with Crippen LogP contribution in [0.3, 0.4) is 0 Å². The topological polar surface area (TPSA) is 58.6 Å². The first kappa shape index (κ1) is 18.6. The maximum atomic E-state index is 13.5. The first-order valence-electron chi connectivity index (χ1n) is 10.7. The highest BCUT2D eigenvalue weighted by Gasteiger charge is 2.54. The fourth-order valence-electron chi connectivity index (χ4n) is 5.61. The van der Waals surface area contributed by atoms with Gasteiger partial charge in [-0.3, -0.25) is 9.69 Å². The smallest absolute Gasteiger partial charge is 0.257 e. The van der Waals surface area contributed by atoms with Crippen LogP contribution >= 0.6 is 0 Å². The molecule has 6 rings (SSSR count). The molecule has 5 heterocycles. The average Bonchev–Trinajstić information content (AvgIpc) is 3.22. The Morgan fingerprint density at radius 1 is 1.10 bits per heavy atom. The number of benzene rings is 1. The molecule has 2 aromatic rings. The Balaban J connectivity index is 1.47. The molecule has 1 aromatic carbocycles. The summed E-state index contributed by atoms with van der Waals surface area (Å²) in [5.41, 5.74) is 1.90. The number of rotatable bonds is 4. The van der Waals surface area contributed by atoms with Gasteiger partial charge in [-0.15, -0.1) is 0 Å². The lowest BCUT2D eigenvalue weighted by atomic mass is 9.75. The van der Waals surface area contributed by atoms with Crippen molar-refractivity contribution in [3.8, 4) is 5.75 Å². The highest BCUT2D eigenvalue weighted by Crippen LogP contribution is 2.47. The second-order valence-electron chi connectivity index (χ2n) is 8.43. The van der Waals surface area contributed by atoms with Crippen LogP contribution in [0.25, 0.3) is 0 Å². The maximum Gasteiger partial charge on any atom is 0.257 e. The minimum absolute atomic E-state index is 0.0763. The van der Waals surface area contributed by atoms with E-state index in [0.29, 0.717) is 23.4 Å². The molecule has 1 amide bonds. The quantitative estimate of drug-likeness (QED) is 0.801. The molecular weight excluding hydrogens is 364 g/mol. The molecule has 0 spiro atoms. The molecule has 4 aliphatic rings. The van der Waals surface area contributed by atoms with Gasteiger partial charge in [-0.25, -0.2) is 9.97 Å². The molecule has 4 aliphatic heterocycles. The molecule has 152 valence electrons. The number of likely N-dealkylation sites (tertiary alicyclic amines) is 1. The van der Waals surface area contributed by atoms with E-state index in [1.165, 1.54) is 18.4 Å². The standard InChI is InChI=1S/C23H28N4O2/c1-3-20-24-12-17(13-25-20)23(28)27-14-19(15-4-6-18(29-2)7-5-15)22-21(27)16-8-10-26(22)11-9-16/h4-7,12-13,16,19,21-22H,3,8-11,14H2,1-2H3/t19-,21+,22+/m1/s1. The van der Waals surface area contributed by atoms with Crippen molar-refractivity contribution in [3.05, 3.63) is 53.6 Å². The van der Waals surface area contributed by atoms with Crippen molar-refractivity contribution in [1.82, 2.24) is 19.8 Å². The zero-order chi connectivity index (χ0) is 20.0. The molecule has 29 heavy (non-hydrogen) atoms. The van der Waals surface area contributed by atoms with E-state index in [2.05, 4.69) is 31.9 Å². The Hall–Kier alpha value is -2.47. The summed E-state index contributed by atoms with van der Waals surface area (Å²) < 4.78 is 5.34. The highest BCUT2D eigenvalue weighted by molar-refractivity contribution is 5.94. The van der Waals surface area contributed by atoms with E-state index < -0.39 is 0 Å². The van der Waals surface area contributed by atoms with Gasteiger partial charge in [-0.05, 0) is 49.5 Å². The second kappa shape index (κ2) is 7.41. The minimum atomic E-state index is 0.0763. The van der Waals surface area contributed by atoms with Crippen LogP contribution in [0.4, 0.5) is 0 Å². The van der Waals surface area contributed by atoms with Crippen molar-refractivity contribution < 1.29 is 9.53 Å². The van der Waals surface area contributed by atoms with Crippen molar-refractivity contribution in [2.24, 2.45) is 5.92 Å². The van der Waals surface area contributed by atoms with E-state index in [9.17, 15) is 4.79 Å². The summed E-state index contributed by atoms with van der Waals surface area (Å²) in [5.74, 6) is 2.64. The van der Waals surface area contributed by atoms with E-state index in [1.54, 1.807) is 19.5 Å². The maximum absolute atomic E-state index is 13.5. The molecule has 4 saturated heterocycles. The monoisotopic (exact) mass is 392 g/mol. The number of aryl methyl sites for hydroxylation is 1. The number of methoxy groups -OCH3 is 1. The van der Waals surface area contributed by atoms with Crippen LogP contribution in [0.2, 0.25) is 0 Å². The summed E-state index contributed by atoms with van der Waals surface area (Å²) in [6.07, 6.45) is 6.55. The van der Waals surface area contributed by atoms with Crippen LogP contribution in [-0.2, 0) is 6.42 Å². The number of carbonyl (C=O) groups is 1. The van der Waals surface area contributed by atoms with E-state index >= 15 is 0 Å². The third-order valence-electron chi connectivity index (χ3n) is 7.07. The zero-order valence-electron chi connectivity index (χ0n) is 17.1. The van der Waals surface area contributed by atoms with Gasteiger partial charge >= 0.3 is 0 Å². The lowest BCUT2D eigenvalue weighted by Gasteiger charge is -2.51. The number of hydrogen-bond donors (Lipinski definition) is 0. The molecule has 6 nitrogen and oxygen atoms in total. The molecule has 0 saturated carbocycles. The number of piperidine rings is 3. The zero-order valence-corrected chi connectivity index (χ0v) is 17.1. The van der Waals surface area contributed by atoms with Crippen molar-refractivity contribution in [1.29, 1.82) is 0 Å². The Morgan fingerprint density at radius 2 is 1.79 bits per heavy atom. The Labute approximate surface area is 171 Å². The number of carbonyl (C=O) groups excluding carboxylic acids is 1. The Morgan fingerprint density at radius 3 is 2.41 bits per heavy atom. The molecule has 3 atom stereocenters. The van der Waals surface area contributed by atoms with Crippen LogP contribution in [0.15, 0.2) is 36.7 Å². The van der Waals surface area contributed by atoms with E-state index in [4.69, 9.17) is 4.74 Å². The summed E-state index contributed by atoms with van der Waals surface area (Å²) in [6, 6.07) is 9.07. The first-order valence-corrected chi connectivity index (χ1v) is 10.7. The predicted octanol–water partition coefficient (Wildman–Crippen LogP) is 2.75. The summed E-state index contributed by atoms with van der Waals surface area (Å²) >= 11 is 0. The van der Waals surface area contributed by atoms with Gasteiger partial charge in [0.25, 0.3) is 5.91 Å². The van der Waals surface area contributed by atoms with Gasteiger partial charge < -0.3 is 9.64 Å². The number of hydrogen-bond acceptors (Lipinski definition) is 5. The van der Waals surface area contributed by atoms with Gasteiger partial charge in [0.05, 0.1) is 18.7 Å². The van der Waals surface area contributed by atoms with E-state index in [-0.39, 0.29) is 11.9 Å². The summed E-state index contributed by atoms with van der Waals surface area (Å²) in [7, 11) is 1.69. The molecule has 0 unspecified atom stereocenters. The number of amides is 1. The third kappa shape index (κ3) is 3.10. The minimum Gasteiger partial charge on any atom is -0.497 e. The lowest BCUT2D eigenvalue weighted by molar-refractivity contribution is -0.00343. The number of nitrogens with zero attached hydrogens (tertiary/aromatic N) is 4. The first-order chi connectivity index (χ1) is 14.2. The van der Waals surface area contributed by atoms with Gasteiger partial charge in [-0.1, -0.05) is 19.1 Å². The SMILES string of the molecule is CCc1ncc(C(=O)N2C[C@H](c3ccc(OC)cc3)[C@H]3[C@@H]2C2CCN3CC2)cn1. The third-order valence-corrected chi connectivity index (χ3v) is 7.07. The van der Waals surface area contributed by atoms with Gasteiger partial charge in [0.1, 0.15) is 11.6 Å². The van der Waals surface area contributed by atoms with Gasteiger partial charge in [-0.2, -0.15) is 0 Å². The van der Waals surface area contributed by atoms with Crippen LogP contribution < -0.4 is 4.74 Å². The van der Waals surface area contributed by atoms with Crippen LogP contribution in [0.5, 0.6) is 5.75 Å². The Bertz CT molecular complexity index is 875. The Kier molecular flexibility index (Phi) is 4.74. The van der Waals surface area contributed by atoms with Crippen molar-refractivity contribution in [2.45, 2.75) is 44.2 Å². The number of fused-ring (bicyclic) bond motifs is 2. The van der Waals surface area contributed by atoms with Gasteiger partial charge in [0.2, 0.25) is 0 Å². The van der Waals surface area contributed by atoms with Crippen LogP contribution in [0, 0.1) is 5.92 Å². The fraction of sp³-hybridized carbons (Fsp3) is 0.522. The molecule has 4 fully saturated rings. The number of ether oxygens (including phenoxy) is 1. The molecular formula is C23H28N4O2. The van der Waals surface area contributed by atoms with Crippen LogP contribution in [0.1, 0.15) is 47.4 Å². The molecule has 0 N–H and O–H groups in total. The second-order valence-corrected chi connectivity index (χ2v) is 8.43. The number of aromatic nitrogens is 2. The normalized spacial score (nSPS) is 30.3. The van der Waals surface area contributed by atoms with Gasteiger partial charge in [0.15, 0.2) is 0 Å². The van der Waals surface area contributed by atoms with Crippen molar-refractivity contribution >= 4 is 5.91 Å². The lowest BCUT2D eigenvalue weighted by Crippen LogP contribution is -2.60. The molecule has 0 radical (unpaired) electrons. The molecule has 1 aromatic heterocycles. The summed E-state index contributed by atoms with van der Waals surface area (Å²) in [4.78, 5) is 26.9. The highest BCUT2D eigenvalue weighted by atomic mass is 16.5. The molecule has 6 heteroatoms. The summed E-state index contributed by atoms with van der Waals surface area (Å²) in [6.45, 7) is 5.07. The average molecular weight is 393 g/mol. The predicted molar refractivity (Wildman–Crippen MR) is 110 cm³/mol. The van der Waals surface area contributed by atoms with Crippen molar-refractivity contribution in [2.75, 3.05) is 26.7 Å². The van der Waals surface area contributed by atoms with Crippen molar-refractivity contribution in [3.63, 3.8) is 0 Å². The molecule has 0 aliphatic carbocycles. The fourth-order valence-corrected chi connectivity index (χ4v) is 5.61.